The van der Waals surface area contributed by atoms with Crippen LogP contribution in [0.4, 0.5) is 5.82 Å². The zero-order valence-electron chi connectivity index (χ0n) is 15.7. The fourth-order valence-electron chi connectivity index (χ4n) is 4.67. The second-order valence-electron chi connectivity index (χ2n) is 7.77. The summed E-state index contributed by atoms with van der Waals surface area (Å²) in [6, 6.07) is 13.4. The second kappa shape index (κ2) is 8.29. The third-order valence-electron chi connectivity index (χ3n) is 6.13. The number of anilines is 1. The van der Waals surface area contributed by atoms with E-state index in [0.29, 0.717) is 10.7 Å². The van der Waals surface area contributed by atoms with Crippen LogP contribution in [-0.4, -0.2) is 12.6 Å². The number of benzene rings is 1. The molecule has 2 heterocycles. The van der Waals surface area contributed by atoms with Gasteiger partial charge in [-0.15, -0.1) is 0 Å². The Morgan fingerprint density at radius 3 is 2.67 bits per heavy atom. The molecule has 27 heavy (non-hydrogen) atoms. The van der Waals surface area contributed by atoms with E-state index < -0.39 is 0 Å². The van der Waals surface area contributed by atoms with Gasteiger partial charge >= 0.3 is 0 Å². The van der Waals surface area contributed by atoms with E-state index in [4.69, 9.17) is 11.6 Å². The molecule has 1 unspecified atom stereocenters. The van der Waals surface area contributed by atoms with Gasteiger partial charge in [-0.1, -0.05) is 36.8 Å². The van der Waals surface area contributed by atoms with Crippen LogP contribution < -0.4 is 15.2 Å². The van der Waals surface area contributed by atoms with Crippen molar-refractivity contribution in [2.24, 2.45) is 0 Å². The number of quaternary nitrogens is 1. The van der Waals surface area contributed by atoms with E-state index in [1.807, 2.05) is 6.07 Å². The highest BCUT2D eigenvalue weighted by Crippen LogP contribution is 2.26. The lowest BCUT2D eigenvalue weighted by molar-refractivity contribution is -0.942. The molecule has 140 valence electrons. The first-order valence-corrected chi connectivity index (χ1v) is 10.4. The second-order valence-corrected chi connectivity index (χ2v) is 8.14. The van der Waals surface area contributed by atoms with Gasteiger partial charge in [0.15, 0.2) is 0 Å². The van der Waals surface area contributed by atoms with Gasteiger partial charge in [-0.3, -0.25) is 5.32 Å². The van der Waals surface area contributed by atoms with E-state index >= 15 is 0 Å². The van der Waals surface area contributed by atoms with Crippen molar-refractivity contribution >= 4 is 17.4 Å². The monoisotopic (exact) mass is 382 g/mol. The van der Waals surface area contributed by atoms with Crippen molar-refractivity contribution in [3.63, 3.8) is 0 Å². The molecule has 1 fully saturated rings. The quantitative estimate of drug-likeness (QED) is 0.799. The number of nitrogens with zero attached hydrogens (tertiary/aromatic N) is 1. The molecular formula is C22H27ClN4+2. The standard InChI is InChI=1S/C22H25ClN4/c23-21-19(13-24)18-11-12-27(17-9-5-2-6-10-17)15-20(18)22(26-21)25-14-16-7-3-1-4-8-16/h1,3-4,7-8,17H,2,5-6,9-12,14-15H2,(H,25,26)/p+2. The zero-order chi connectivity index (χ0) is 18.6. The van der Waals surface area contributed by atoms with Crippen LogP contribution in [0.15, 0.2) is 30.3 Å². The molecule has 0 radical (unpaired) electrons. The first kappa shape index (κ1) is 18.3. The van der Waals surface area contributed by atoms with Gasteiger partial charge in [0.1, 0.15) is 24.7 Å². The molecular weight excluding hydrogens is 356 g/mol. The predicted molar refractivity (Wildman–Crippen MR) is 107 cm³/mol. The number of hydrogen-bond acceptors (Lipinski definition) is 2. The average Bonchev–Trinajstić information content (AvgIpc) is 2.73. The molecule has 1 aromatic heterocycles. The van der Waals surface area contributed by atoms with E-state index in [9.17, 15) is 5.26 Å². The number of rotatable bonds is 4. The number of aromatic amines is 1. The molecule has 5 heteroatoms. The first-order valence-electron chi connectivity index (χ1n) is 10.0. The molecule has 4 nitrogen and oxygen atoms in total. The molecule has 0 amide bonds. The zero-order valence-corrected chi connectivity index (χ0v) is 16.4. The lowest BCUT2D eigenvalue weighted by Gasteiger charge is -2.34. The summed E-state index contributed by atoms with van der Waals surface area (Å²) in [5.41, 5.74) is 4.24. The van der Waals surface area contributed by atoms with Gasteiger partial charge < -0.3 is 4.90 Å². The minimum absolute atomic E-state index is 0.452. The topological polar surface area (TPSA) is 54.4 Å². The van der Waals surface area contributed by atoms with E-state index in [1.165, 1.54) is 43.2 Å². The minimum Gasteiger partial charge on any atom is -0.328 e. The Hall–Kier alpha value is -2.09. The maximum Gasteiger partial charge on any atom is 0.283 e. The van der Waals surface area contributed by atoms with Gasteiger partial charge in [-0.25, -0.2) is 4.98 Å². The molecule has 2 aliphatic rings. The van der Waals surface area contributed by atoms with Crippen LogP contribution in [0.5, 0.6) is 0 Å². The van der Waals surface area contributed by atoms with Crippen molar-refractivity contribution in [1.82, 2.24) is 0 Å². The van der Waals surface area contributed by atoms with Gasteiger partial charge in [0.2, 0.25) is 5.15 Å². The fraction of sp³-hybridized carbons (Fsp3) is 0.455. The van der Waals surface area contributed by atoms with E-state index in [0.717, 1.165) is 43.5 Å². The summed E-state index contributed by atoms with van der Waals surface area (Å²) in [4.78, 5) is 4.94. The SMILES string of the molecule is N#Cc1c(Cl)[nH+]c(NCc2ccccc2)c2c1CC[NH+](C1CCCCC1)C2. The van der Waals surface area contributed by atoms with Gasteiger partial charge in [0, 0.05) is 6.42 Å². The molecule has 0 bridgehead atoms. The van der Waals surface area contributed by atoms with Gasteiger partial charge in [-0.05, 0) is 48.4 Å². The highest BCUT2D eigenvalue weighted by molar-refractivity contribution is 6.29. The molecule has 1 saturated carbocycles. The molecule has 0 spiro atoms. The number of hydrogen-bond donors (Lipinski definition) is 2. The van der Waals surface area contributed by atoms with Crippen LogP contribution in [0.25, 0.3) is 0 Å². The van der Waals surface area contributed by atoms with Crippen molar-refractivity contribution in [2.45, 2.75) is 57.7 Å². The van der Waals surface area contributed by atoms with Crippen LogP contribution in [0.3, 0.4) is 0 Å². The van der Waals surface area contributed by atoms with E-state index in [1.54, 1.807) is 4.90 Å². The molecule has 3 N–H and O–H groups in total. The summed E-state index contributed by atoms with van der Waals surface area (Å²) in [7, 11) is 0. The summed E-state index contributed by atoms with van der Waals surface area (Å²) in [6.07, 6.45) is 7.69. The summed E-state index contributed by atoms with van der Waals surface area (Å²) in [5, 5.41) is 13.6. The molecule has 1 aliphatic heterocycles. The van der Waals surface area contributed by atoms with Crippen molar-refractivity contribution in [1.29, 1.82) is 5.26 Å². The van der Waals surface area contributed by atoms with Crippen molar-refractivity contribution in [2.75, 3.05) is 11.9 Å². The maximum atomic E-state index is 9.61. The Morgan fingerprint density at radius 2 is 1.93 bits per heavy atom. The number of fused-ring (bicyclic) bond motifs is 1. The van der Waals surface area contributed by atoms with Gasteiger partial charge in [-0.2, -0.15) is 5.26 Å². The van der Waals surface area contributed by atoms with Crippen LogP contribution >= 0.6 is 11.6 Å². The van der Waals surface area contributed by atoms with Crippen LogP contribution in [0.1, 0.15) is 54.4 Å². The van der Waals surface area contributed by atoms with Crippen molar-refractivity contribution < 1.29 is 9.88 Å². The number of nitrogens with one attached hydrogen (secondary N) is 3. The normalized spacial score (nSPS) is 19.9. The summed E-state index contributed by atoms with van der Waals surface area (Å²) in [6.45, 7) is 2.81. The molecule has 2 aromatic rings. The van der Waals surface area contributed by atoms with E-state index in [-0.39, 0.29) is 0 Å². The van der Waals surface area contributed by atoms with Gasteiger partial charge in [0.05, 0.1) is 18.2 Å². The number of halogens is 1. The Balaban J connectivity index is 1.61. The van der Waals surface area contributed by atoms with Crippen molar-refractivity contribution in [3.05, 3.63) is 57.7 Å². The Morgan fingerprint density at radius 1 is 1.15 bits per heavy atom. The Kier molecular flexibility index (Phi) is 5.61. The highest BCUT2D eigenvalue weighted by Gasteiger charge is 2.34. The molecule has 4 rings (SSSR count). The van der Waals surface area contributed by atoms with Crippen LogP contribution in [0.2, 0.25) is 5.15 Å². The molecule has 1 aliphatic carbocycles. The summed E-state index contributed by atoms with van der Waals surface area (Å²) >= 11 is 6.41. The largest absolute Gasteiger partial charge is 0.328 e. The third kappa shape index (κ3) is 3.95. The Bertz CT molecular complexity index is 838. The average molecular weight is 383 g/mol. The highest BCUT2D eigenvalue weighted by atomic mass is 35.5. The van der Waals surface area contributed by atoms with Crippen LogP contribution in [-0.2, 0) is 19.5 Å². The van der Waals surface area contributed by atoms with Crippen molar-refractivity contribution in [3.8, 4) is 6.07 Å². The maximum absolute atomic E-state index is 9.61. The number of pyridine rings is 1. The lowest BCUT2D eigenvalue weighted by atomic mass is 9.90. The summed E-state index contributed by atoms with van der Waals surface area (Å²) in [5.74, 6) is 0.978. The third-order valence-corrected chi connectivity index (χ3v) is 6.41. The molecule has 0 saturated heterocycles. The Labute approximate surface area is 166 Å². The van der Waals surface area contributed by atoms with E-state index in [2.05, 4.69) is 40.6 Å². The molecule has 1 aromatic carbocycles. The smallest absolute Gasteiger partial charge is 0.283 e. The van der Waals surface area contributed by atoms with Crippen LogP contribution in [0, 0.1) is 11.3 Å². The first-order chi connectivity index (χ1) is 13.3. The molecule has 1 atom stereocenters. The summed E-state index contributed by atoms with van der Waals surface area (Å²) < 4.78 is 0. The minimum atomic E-state index is 0.452. The number of H-pyrrole nitrogens is 1. The predicted octanol–water partition coefficient (Wildman–Crippen LogP) is 2.91. The number of nitriles is 1. The lowest BCUT2D eigenvalue weighted by Crippen LogP contribution is -3.15. The fourth-order valence-corrected chi connectivity index (χ4v) is 4.92. The van der Waals surface area contributed by atoms with Gasteiger partial charge in [0.25, 0.3) is 5.82 Å². The number of aromatic nitrogens is 1.